The molecule has 1 aromatic carbocycles. The van der Waals surface area contributed by atoms with Crippen molar-refractivity contribution in [1.29, 1.82) is 0 Å². The summed E-state index contributed by atoms with van der Waals surface area (Å²) in [5, 5.41) is 7.34. The predicted octanol–water partition coefficient (Wildman–Crippen LogP) is 1.83. The summed E-state index contributed by atoms with van der Waals surface area (Å²) in [6.07, 6.45) is 1.94. The van der Waals surface area contributed by atoms with Gasteiger partial charge in [-0.3, -0.25) is 5.10 Å². The highest BCUT2D eigenvalue weighted by atomic mass is 15.3. The van der Waals surface area contributed by atoms with Crippen molar-refractivity contribution >= 4 is 5.69 Å². The molecule has 1 fully saturated rings. The Bertz CT molecular complexity index is 498. The van der Waals surface area contributed by atoms with Crippen molar-refractivity contribution < 1.29 is 0 Å². The van der Waals surface area contributed by atoms with Crippen LogP contribution in [0.1, 0.15) is 0 Å². The van der Waals surface area contributed by atoms with Gasteiger partial charge in [0.2, 0.25) is 0 Å². The van der Waals surface area contributed by atoms with Crippen LogP contribution in [0.4, 0.5) is 5.69 Å². The van der Waals surface area contributed by atoms with Crippen LogP contribution in [-0.2, 0) is 0 Å². The number of nitrogens with one attached hydrogen (secondary N) is 1. The lowest BCUT2D eigenvalue weighted by Crippen LogP contribution is -2.44. The number of anilines is 1. The highest BCUT2D eigenvalue weighted by Crippen LogP contribution is 2.28. The molecule has 1 saturated heterocycles. The Morgan fingerprint density at radius 3 is 2.50 bits per heavy atom. The summed E-state index contributed by atoms with van der Waals surface area (Å²) in [5.74, 6) is 0. The molecular formula is C14H18N4. The van der Waals surface area contributed by atoms with E-state index in [1.165, 1.54) is 11.3 Å². The minimum Gasteiger partial charge on any atom is -0.366 e. The number of piperazine rings is 1. The molecule has 4 heteroatoms. The second kappa shape index (κ2) is 4.82. The molecule has 1 N–H and O–H groups in total. The maximum atomic E-state index is 4.21. The maximum absolute atomic E-state index is 4.21. The van der Waals surface area contributed by atoms with Gasteiger partial charge in [0, 0.05) is 31.7 Å². The Morgan fingerprint density at radius 1 is 1.06 bits per heavy atom. The first-order chi connectivity index (χ1) is 8.84. The highest BCUT2D eigenvalue weighted by Gasteiger charge is 2.18. The van der Waals surface area contributed by atoms with Crippen LogP contribution in [0.5, 0.6) is 0 Å². The first kappa shape index (κ1) is 11.3. The quantitative estimate of drug-likeness (QED) is 0.872. The molecule has 0 spiro atoms. The van der Waals surface area contributed by atoms with Crippen LogP contribution in [0, 0.1) is 0 Å². The normalized spacial score (nSPS) is 17.1. The number of aromatic nitrogens is 2. The summed E-state index contributed by atoms with van der Waals surface area (Å²) in [4.78, 5) is 4.77. The molecule has 1 aliphatic heterocycles. The van der Waals surface area contributed by atoms with E-state index in [1.54, 1.807) is 0 Å². The summed E-state index contributed by atoms with van der Waals surface area (Å²) < 4.78 is 0. The fraction of sp³-hybridized carbons (Fsp3) is 0.357. The summed E-state index contributed by atoms with van der Waals surface area (Å²) in [6.45, 7) is 4.35. The van der Waals surface area contributed by atoms with Crippen molar-refractivity contribution in [2.24, 2.45) is 0 Å². The Labute approximate surface area is 107 Å². The molecule has 18 heavy (non-hydrogen) atoms. The van der Waals surface area contributed by atoms with Gasteiger partial charge in [0.1, 0.15) is 0 Å². The van der Waals surface area contributed by atoms with Crippen LogP contribution in [0.25, 0.3) is 11.3 Å². The molecule has 2 heterocycles. The summed E-state index contributed by atoms with van der Waals surface area (Å²) in [5.41, 5.74) is 3.54. The molecule has 1 aromatic heterocycles. The molecule has 94 valence electrons. The Balaban J connectivity index is 1.88. The maximum Gasteiger partial charge on any atom is 0.0884 e. The zero-order chi connectivity index (χ0) is 12.4. The van der Waals surface area contributed by atoms with Gasteiger partial charge in [-0.05, 0) is 7.05 Å². The molecular weight excluding hydrogens is 224 g/mol. The van der Waals surface area contributed by atoms with Crippen LogP contribution in [-0.4, -0.2) is 48.3 Å². The van der Waals surface area contributed by atoms with Gasteiger partial charge in [0.05, 0.1) is 17.6 Å². The average molecular weight is 242 g/mol. The van der Waals surface area contributed by atoms with E-state index < -0.39 is 0 Å². The molecule has 1 aliphatic rings. The predicted molar refractivity (Wildman–Crippen MR) is 73.7 cm³/mol. The molecule has 0 atom stereocenters. The number of hydrogen-bond acceptors (Lipinski definition) is 3. The van der Waals surface area contributed by atoms with Gasteiger partial charge in [-0.15, -0.1) is 0 Å². The van der Waals surface area contributed by atoms with E-state index in [2.05, 4.69) is 51.3 Å². The largest absolute Gasteiger partial charge is 0.366 e. The third kappa shape index (κ3) is 2.11. The molecule has 0 saturated carbocycles. The van der Waals surface area contributed by atoms with Gasteiger partial charge < -0.3 is 9.80 Å². The van der Waals surface area contributed by atoms with Crippen molar-refractivity contribution in [3.63, 3.8) is 0 Å². The molecule has 0 radical (unpaired) electrons. The van der Waals surface area contributed by atoms with Gasteiger partial charge in [0.15, 0.2) is 0 Å². The number of H-pyrrole nitrogens is 1. The second-order valence-corrected chi connectivity index (χ2v) is 4.79. The van der Waals surface area contributed by atoms with Crippen molar-refractivity contribution in [2.75, 3.05) is 38.1 Å². The van der Waals surface area contributed by atoms with Gasteiger partial charge in [0.25, 0.3) is 0 Å². The lowest BCUT2D eigenvalue weighted by Gasteiger charge is -2.33. The number of nitrogens with zero attached hydrogens (tertiary/aromatic N) is 3. The van der Waals surface area contributed by atoms with E-state index in [-0.39, 0.29) is 0 Å². The molecule has 0 amide bonds. The first-order valence-corrected chi connectivity index (χ1v) is 6.37. The fourth-order valence-corrected chi connectivity index (χ4v) is 2.38. The second-order valence-electron chi connectivity index (χ2n) is 4.79. The van der Waals surface area contributed by atoms with Crippen molar-refractivity contribution in [2.45, 2.75) is 0 Å². The number of rotatable bonds is 2. The molecule has 2 aromatic rings. The summed E-state index contributed by atoms with van der Waals surface area (Å²) in [6, 6.07) is 10.4. The summed E-state index contributed by atoms with van der Waals surface area (Å²) in [7, 11) is 2.17. The average Bonchev–Trinajstić information content (AvgIpc) is 2.90. The summed E-state index contributed by atoms with van der Waals surface area (Å²) >= 11 is 0. The molecule has 3 rings (SSSR count). The molecule has 0 aliphatic carbocycles. The first-order valence-electron chi connectivity index (χ1n) is 6.37. The smallest absolute Gasteiger partial charge is 0.0884 e. The zero-order valence-electron chi connectivity index (χ0n) is 10.6. The monoisotopic (exact) mass is 242 g/mol. The molecule has 0 unspecified atom stereocenters. The third-order valence-corrected chi connectivity index (χ3v) is 3.53. The highest BCUT2D eigenvalue weighted by molar-refractivity contribution is 5.74. The van der Waals surface area contributed by atoms with Crippen LogP contribution < -0.4 is 4.90 Å². The fourth-order valence-electron chi connectivity index (χ4n) is 2.38. The minimum atomic E-state index is 1.07. The topological polar surface area (TPSA) is 35.2 Å². The Morgan fingerprint density at radius 2 is 1.78 bits per heavy atom. The van der Waals surface area contributed by atoms with E-state index >= 15 is 0 Å². The number of hydrogen-bond donors (Lipinski definition) is 1. The van der Waals surface area contributed by atoms with E-state index in [4.69, 9.17) is 0 Å². The van der Waals surface area contributed by atoms with E-state index in [0.717, 1.165) is 31.9 Å². The number of aromatic amines is 1. The van der Waals surface area contributed by atoms with Crippen LogP contribution in [0.3, 0.4) is 0 Å². The van der Waals surface area contributed by atoms with E-state index in [9.17, 15) is 0 Å². The third-order valence-electron chi connectivity index (χ3n) is 3.53. The minimum absolute atomic E-state index is 1.07. The SMILES string of the molecule is CN1CCN(c2cn[nH]c2-c2ccccc2)CC1. The van der Waals surface area contributed by atoms with Gasteiger partial charge in [-0.2, -0.15) is 5.10 Å². The van der Waals surface area contributed by atoms with Gasteiger partial charge in [-0.25, -0.2) is 0 Å². The number of likely N-dealkylation sites (N-methyl/N-ethyl adjacent to an activating group) is 1. The van der Waals surface area contributed by atoms with Crippen LogP contribution in [0.15, 0.2) is 36.5 Å². The Kier molecular flexibility index (Phi) is 3.02. The lowest BCUT2D eigenvalue weighted by molar-refractivity contribution is 0.313. The number of benzene rings is 1. The lowest BCUT2D eigenvalue weighted by atomic mass is 10.1. The van der Waals surface area contributed by atoms with Crippen molar-refractivity contribution in [1.82, 2.24) is 15.1 Å². The van der Waals surface area contributed by atoms with Crippen LogP contribution in [0.2, 0.25) is 0 Å². The molecule has 4 nitrogen and oxygen atoms in total. The van der Waals surface area contributed by atoms with E-state index in [1.807, 2.05) is 12.3 Å². The Hall–Kier alpha value is -1.81. The molecule has 0 bridgehead atoms. The van der Waals surface area contributed by atoms with Crippen molar-refractivity contribution in [3.8, 4) is 11.3 Å². The van der Waals surface area contributed by atoms with Gasteiger partial charge >= 0.3 is 0 Å². The zero-order valence-corrected chi connectivity index (χ0v) is 10.6. The van der Waals surface area contributed by atoms with E-state index in [0.29, 0.717) is 0 Å². The van der Waals surface area contributed by atoms with Crippen molar-refractivity contribution in [3.05, 3.63) is 36.5 Å². The standard InChI is InChI=1S/C14H18N4/c1-17-7-9-18(10-8-17)13-11-15-16-14(13)12-5-3-2-4-6-12/h2-6,11H,7-10H2,1H3,(H,15,16). The van der Waals surface area contributed by atoms with Crippen LogP contribution >= 0.6 is 0 Å². The van der Waals surface area contributed by atoms with Gasteiger partial charge in [-0.1, -0.05) is 30.3 Å².